The Morgan fingerprint density at radius 1 is 1.23 bits per heavy atom. The number of amides is 1. The van der Waals surface area contributed by atoms with Crippen LogP contribution in [0.5, 0.6) is 0 Å². The van der Waals surface area contributed by atoms with Crippen LogP contribution in [-0.2, 0) is 11.3 Å². The Labute approximate surface area is 154 Å². The van der Waals surface area contributed by atoms with E-state index in [1.807, 2.05) is 0 Å². The van der Waals surface area contributed by atoms with Gasteiger partial charge in [-0.3, -0.25) is 14.7 Å². The zero-order valence-corrected chi connectivity index (χ0v) is 14.9. The number of benzene rings is 1. The first kappa shape index (κ1) is 17.2. The van der Waals surface area contributed by atoms with Crippen LogP contribution in [0.3, 0.4) is 0 Å². The summed E-state index contributed by atoms with van der Waals surface area (Å²) in [6.45, 7) is 3.64. The van der Waals surface area contributed by atoms with Gasteiger partial charge in [0.15, 0.2) is 0 Å². The summed E-state index contributed by atoms with van der Waals surface area (Å²) in [4.78, 5) is 18.9. The van der Waals surface area contributed by atoms with Gasteiger partial charge in [-0.15, -0.1) is 0 Å². The highest BCUT2D eigenvalue weighted by Gasteiger charge is 2.43. The Hall–Kier alpha value is -2.24. The van der Waals surface area contributed by atoms with E-state index in [1.165, 1.54) is 5.56 Å². The Morgan fingerprint density at radius 3 is 2.85 bits per heavy atom. The predicted octanol–water partition coefficient (Wildman–Crippen LogP) is 2.64. The molecular formula is C21H25N3O2. The van der Waals surface area contributed by atoms with Crippen molar-refractivity contribution >= 4 is 5.91 Å². The summed E-state index contributed by atoms with van der Waals surface area (Å²) in [6, 6.07) is 14.2. The first-order valence-corrected chi connectivity index (χ1v) is 9.34. The highest BCUT2D eigenvalue weighted by atomic mass is 16.5. The number of hydrogen-bond acceptors (Lipinski definition) is 4. The monoisotopic (exact) mass is 351 g/mol. The summed E-state index contributed by atoms with van der Waals surface area (Å²) in [6.07, 6.45) is 6.09. The summed E-state index contributed by atoms with van der Waals surface area (Å²) < 4.78 is 6.21. The summed E-state index contributed by atoms with van der Waals surface area (Å²) in [5, 5.41) is 3.19. The van der Waals surface area contributed by atoms with Gasteiger partial charge in [0, 0.05) is 50.2 Å². The summed E-state index contributed by atoms with van der Waals surface area (Å²) in [5.41, 5.74) is 1.88. The van der Waals surface area contributed by atoms with Gasteiger partial charge in [-0.05, 0) is 37.0 Å². The third-order valence-electron chi connectivity index (χ3n) is 5.42. The van der Waals surface area contributed by atoms with Crippen LogP contribution in [0.4, 0.5) is 0 Å². The number of rotatable bonds is 4. The van der Waals surface area contributed by atoms with E-state index in [1.54, 1.807) is 24.5 Å². The van der Waals surface area contributed by atoms with E-state index in [0.29, 0.717) is 12.2 Å². The first-order chi connectivity index (χ1) is 12.7. The number of nitrogens with zero attached hydrogens (tertiary/aromatic N) is 2. The second-order valence-electron chi connectivity index (χ2n) is 7.38. The quantitative estimate of drug-likeness (QED) is 0.920. The Morgan fingerprint density at radius 2 is 2.04 bits per heavy atom. The average molecular weight is 351 g/mol. The van der Waals surface area contributed by atoms with Crippen LogP contribution in [0.15, 0.2) is 54.9 Å². The molecule has 5 nitrogen and oxygen atoms in total. The van der Waals surface area contributed by atoms with Crippen molar-refractivity contribution in [2.75, 3.05) is 19.7 Å². The van der Waals surface area contributed by atoms with Gasteiger partial charge in [-0.25, -0.2) is 0 Å². The molecule has 0 saturated carbocycles. The lowest BCUT2D eigenvalue weighted by atomic mass is 9.89. The number of aromatic nitrogens is 1. The second-order valence-corrected chi connectivity index (χ2v) is 7.38. The molecule has 2 aliphatic heterocycles. The largest absolute Gasteiger partial charge is 0.373 e. The van der Waals surface area contributed by atoms with Gasteiger partial charge in [-0.2, -0.15) is 0 Å². The maximum absolute atomic E-state index is 12.4. The number of ether oxygens (including phenoxy) is 1. The molecule has 3 heterocycles. The fraction of sp³-hybridized carbons (Fsp3) is 0.429. The van der Waals surface area contributed by atoms with Gasteiger partial charge in [0.1, 0.15) is 0 Å². The van der Waals surface area contributed by atoms with Crippen molar-refractivity contribution < 1.29 is 9.53 Å². The topological polar surface area (TPSA) is 54.5 Å². The molecule has 0 bridgehead atoms. The smallest absolute Gasteiger partial charge is 0.251 e. The van der Waals surface area contributed by atoms with Crippen molar-refractivity contribution in [2.45, 2.75) is 37.5 Å². The van der Waals surface area contributed by atoms with Gasteiger partial charge in [0.2, 0.25) is 0 Å². The molecule has 1 amide bonds. The molecule has 2 atom stereocenters. The molecule has 2 aromatic rings. The standard InChI is InChI=1S/C21H25N3O2/c25-20(18-6-10-22-11-7-18)23-19-8-13-26-21(14-19)9-12-24(16-21)15-17-4-2-1-3-5-17/h1-7,10-11,19H,8-9,12-16H2,(H,23,25)/t19-,21+/m0/s1. The molecule has 1 aromatic heterocycles. The van der Waals surface area contributed by atoms with E-state index in [-0.39, 0.29) is 17.6 Å². The van der Waals surface area contributed by atoms with Crippen LogP contribution >= 0.6 is 0 Å². The van der Waals surface area contributed by atoms with Crippen LogP contribution in [0, 0.1) is 0 Å². The first-order valence-electron chi connectivity index (χ1n) is 9.34. The highest BCUT2D eigenvalue weighted by molar-refractivity contribution is 5.94. The van der Waals surface area contributed by atoms with Crippen molar-refractivity contribution in [3.05, 3.63) is 66.0 Å². The zero-order valence-electron chi connectivity index (χ0n) is 14.9. The normalized spacial score (nSPS) is 26.1. The minimum atomic E-state index is -0.122. The molecule has 2 fully saturated rings. The minimum Gasteiger partial charge on any atom is -0.373 e. The van der Waals surface area contributed by atoms with Gasteiger partial charge >= 0.3 is 0 Å². The molecule has 26 heavy (non-hydrogen) atoms. The van der Waals surface area contributed by atoms with E-state index in [4.69, 9.17) is 4.74 Å². The molecule has 5 heteroatoms. The molecule has 2 aliphatic rings. The molecule has 4 rings (SSSR count). The SMILES string of the molecule is O=C(N[C@H]1CCO[C@]2(CCN(Cc3ccccc3)C2)C1)c1ccncc1. The third-order valence-corrected chi connectivity index (χ3v) is 5.42. The van der Waals surface area contributed by atoms with E-state index < -0.39 is 0 Å². The molecule has 0 unspecified atom stereocenters. The minimum absolute atomic E-state index is 0.0198. The Bertz CT molecular complexity index is 737. The van der Waals surface area contributed by atoms with Crippen LogP contribution in [0.25, 0.3) is 0 Å². The number of pyridine rings is 1. The lowest BCUT2D eigenvalue weighted by Gasteiger charge is -2.38. The Kier molecular flexibility index (Phi) is 5.00. The van der Waals surface area contributed by atoms with Crippen LogP contribution in [0.1, 0.15) is 35.2 Å². The molecular weight excluding hydrogens is 326 g/mol. The summed E-state index contributed by atoms with van der Waals surface area (Å²) in [5.74, 6) is -0.0198. The van der Waals surface area contributed by atoms with Crippen LogP contribution < -0.4 is 5.32 Å². The highest BCUT2D eigenvalue weighted by Crippen LogP contribution is 2.35. The fourth-order valence-electron chi connectivity index (χ4n) is 4.11. The average Bonchev–Trinajstić information content (AvgIpc) is 3.05. The molecule has 1 spiro atoms. The molecule has 0 aliphatic carbocycles. The number of carbonyl (C=O) groups is 1. The Balaban J connectivity index is 1.35. The number of hydrogen-bond donors (Lipinski definition) is 1. The molecule has 2 saturated heterocycles. The predicted molar refractivity (Wildman–Crippen MR) is 99.7 cm³/mol. The number of nitrogens with one attached hydrogen (secondary N) is 1. The molecule has 1 N–H and O–H groups in total. The van der Waals surface area contributed by atoms with E-state index in [2.05, 4.69) is 45.5 Å². The molecule has 1 aromatic carbocycles. The maximum Gasteiger partial charge on any atom is 0.251 e. The van der Waals surface area contributed by atoms with Crippen molar-refractivity contribution in [1.82, 2.24) is 15.2 Å². The van der Waals surface area contributed by atoms with Crippen molar-refractivity contribution in [3.8, 4) is 0 Å². The van der Waals surface area contributed by atoms with Crippen molar-refractivity contribution in [2.24, 2.45) is 0 Å². The third kappa shape index (κ3) is 3.94. The maximum atomic E-state index is 12.4. The lowest BCUT2D eigenvalue weighted by molar-refractivity contribution is -0.0793. The van der Waals surface area contributed by atoms with Gasteiger partial charge in [0.05, 0.1) is 5.60 Å². The molecule has 0 radical (unpaired) electrons. The number of likely N-dealkylation sites (tertiary alicyclic amines) is 1. The van der Waals surface area contributed by atoms with E-state index in [9.17, 15) is 4.79 Å². The van der Waals surface area contributed by atoms with Gasteiger partial charge < -0.3 is 10.1 Å². The number of carbonyl (C=O) groups excluding carboxylic acids is 1. The lowest BCUT2D eigenvalue weighted by Crippen LogP contribution is -2.49. The molecule has 136 valence electrons. The van der Waals surface area contributed by atoms with E-state index >= 15 is 0 Å². The zero-order chi connectivity index (χ0) is 17.8. The fourth-order valence-corrected chi connectivity index (χ4v) is 4.11. The van der Waals surface area contributed by atoms with Crippen LogP contribution in [-0.4, -0.2) is 47.1 Å². The van der Waals surface area contributed by atoms with E-state index in [0.717, 1.165) is 38.9 Å². The van der Waals surface area contributed by atoms with Crippen molar-refractivity contribution in [1.29, 1.82) is 0 Å². The summed E-state index contributed by atoms with van der Waals surface area (Å²) in [7, 11) is 0. The second kappa shape index (κ2) is 7.56. The van der Waals surface area contributed by atoms with Gasteiger partial charge in [0.25, 0.3) is 5.91 Å². The van der Waals surface area contributed by atoms with Gasteiger partial charge in [-0.1, -0.05) is 30.3 Å². The van der Waals surface area contributed by atoms with Crippen molar-refractivity contribution in [3.63, 3.8) is 0 Å². The van der Waals surface area contributed by atoms with Crippen LogP contribution in [0.2, 0.25) is 0 Å². The summed E-state index contributed by atoms with van der Waals surface area (Å²) >= 11 is 0.